The first kappa shape index (κ1) is 10.7. The number of carboxylic acids is 1. The summed E-state index contributed by atoms with van der Waals surface area (Å²) < 4.78 is 4.59. The lowest BCUT2D eigenvalue weighted by Gasteiger charge is -2.29. The second-order valence-corrected chi connectivity index (χ2v) is 3.82. The fourth-order valence-corrected chi connectivity index (χ4v) is 1.82. The monoisotopic (exact) mass is 224 g/mol. The lowest BCUT2D eigenvalue weighted by Crippen LogP contribution is -2.40. The van der Waals surface area contributed by atoms with E-state index in [0.717, 1.165) is 0 Å². The lowest BCUT2D eigenvalue weighted by atomic mass is 9.97. The van der Waals surface area contributed by atoms with Crippen LogP contribution in [0.1, 0.15) is 23.2 Å². The van der Waals surface area contributed by atoms with Crippen LogP contribution in [0.15, 0.2) is 17.0 Å². The van der Waals surface area contributed by atoms with Crippen LogP contribution < -0.4 is 0 Å². The summed E-state index contributed by atoms with van der Waals surface area (Å²) in [5, 5.41) is 12.3. The Morgan fingerprint density at radius 2 is 2.12 bits per heavy atom. The van der Waals surface area contributed by atoms with Gasteiger partial charge in [-0.15, -0.1) is 0 Å². The minimum atomic E-state index is -0.780. The number of piperidine rings is 1. The van der Waals surface area contributed by atoms with Gasteiger partial charge in [0.1, 0.15) is 6.26 Å². The third-order valence-corrected chi connectivity index (χ3v) is 2.81. The molecule has 1 aromatic rings. The third-order valence-electron chi connectivity index (χ3n) is 2.81. The zero-order valence-corrected chi connectivity index (χ0v) is 8.63. The third kappa shape index (κ3) is 2.05. The van der Waals surface area contributed by atoms with E-state index in [1.54, 1.807) is 4.90 Å². The number of carbonyl (C=O) groups is 2. The fourth-order valence-electron chi connectivity index (χ4n) is 1.82. The highest BCUT2D eigenvalue weighted by Crippen LogP contribution is 2.18. The van der Waals surface area contributed by atoms with Crippen LogP contribution in [0.3, 0.4) is 0 Å². The van der Waals surface area contributed by atoms with Gasteiger partial charge >= 0.3 is 5.97 Å². The minimum absolute atomic E-state index is 0.148. The van der Waals surface area contributed by atoms with Crippen LogP contribution >= 0.6 is 0 Å². The standard InChI is InChI=1S/C10H12N2O4/c13-9(8-5-11-16-6-8)12-3-1-7(2-4-12)10(14)15/h5-7H,1-4H2,(H,14,15). The van der Waals surface area contributed by atoms with E-state index < -0.39 is 5.97 Å². The molecule has 0 bridgehead atoms. The number of hydrogen-bond donors (Lipinski definition) is 1. The maximum Gasteiger partial charge on any atom is 0.306 e. The Hall–Kier alpha value is -1.85. The number of aromatic nitrogens is 1. The molecule has 1 amide bonds. The van der Waals surface area contributed by atoms with Gasteiger partial charge < -0.3 is 14.5 Å². The van der Waals surface area contributed by atoms with Crippen LogP contribution in [0, 0.1) is 5.92 Å². The second-order valence-electron chi connectivity index (χ2n) is 3.82. The number of rotatable bonds is 2. The topological polar surface area (TPSA) is 83.6 Å². The Kier molecular flexibility index (Phi) is 2.89. The van der Waals surface area contributed by atoms with E-state index in [2.05, 4.69) is 9.68 Å². The number of amides is 1. The quantitative estimate of drug-likeness (QED) is 0.795. The molecule has 2 heterocycles. The molecule has 16 heavy (non-hydrogen) atoms. The highest BCUT2D eigenvalue weighted by molar-refractivity contribution is 5.93. The van der Waals surface area contributed by atoms with Gasteiger partial charge in [-0.25, -0.2) is 0 Å². The van der Waals surface area contributed by atoms with Gasteiger partial charge in [0.15, 0.2) is 0 Å². The molecule has 0 spiro atoms. The van der Waals surface area contributed by atoms with Crippen molar-refractivity contribution in [2.45, 2.75) is 12.8 Å². The lowest BCUT2D eigenvalue weighted by molar-refractivity contribution is -0.143. The van der Waals surface area contributed by atoms with Crippen molar-refractivity contribution < 1.29 is 19.2 Å². The molecule has 1 saturated heterocycles. The maximum absolute atomic E-state index is 11.8. The van der Waals surface area contributed by atoms with Gasteiger partial charge in [0.2, 0.25) is 0 Å². The van der Waals surface area contributed by atoms with Crippen molar-refractivity contribution in [1.82, 2.24) is 10.1 Å². The zero-order valence-electron chi connectivity index (χ0n) is 8.63. The molecule has 1 N–H and O–H groups in total. The van der Waals surface area contributed by atoms with Crippen LogP contribution in [-0.4, -0.2) is 40.1 Å². The van der Waals surface area contributed by atoms with Crippen molar-refractivity contribution in [3.63, 3.8) is 0 Å². The Labute approximate surface area is 91.8 Å². The predicted octanol–water partition coefficient (Wildman–Crippen LogP) is 0.611. The molecule has 86 valence electrons. The second kappa shape index (κ2) is 4.34. The van der Waals surface area contributed by atoms with Crippen LogP contribution in [-0.2, 0) is 4.79 Å². The smallest absolute Gasteiger partial charge is 0.306 e. The highest BCUT2D eigenvalue weighted by Gasteiger charge is 2.27. The van der Waals surface area contributed by atoms with Gasteiger partial charge in [-0.1, -0.05) is 5.16 Å². The summed E-state index contributed by atoms with van der Waals surface area (Å²) in [6.07, 6.45) is 3.68. The molecule has 1 aliphatic rings. The van der Waals surface area contributed by atoms with Gasteiger partial charge in [0.25, 0.3) is 5.91 Å². The summed E-state index contributed by atoms with van der Waals surface area (Å²) in [5.41, 5.74) is 0.411. The van der Waals surface area contributed by atoms with E-state index in [0.29, 0.717) is 31.5 Å². The van der Waals surface area contributed by atoms with Crippen molar-refractivity contribution in [2.75, 3.05) is 13.1 Å². The van der Waals surface area contributed by atoms with E-state index in [4.69, 9.17) is 5.11 Å². The van der Waals surface area contributed by atoms with Crippen LogP contribution in [0.25, 0.3) is 0 Å². The number of hydrogen-bond acceptors (Lipinski definition) is 4. The van der Waals surface area contributed by atoms with E-state index in [9.17, 15) is 9.59 Å². The van der Waals surface area contributed by atoms with Crippen LogP contribution in [0.4, 0.5) is 0 Å². The summed E-state index contributed by atoms with van der Waals surface area (Å²) >= 11 is 0. The van der Waals surface area contributed by atoms with Gasteiger partial charge in [0.05, 0.1) is 17.7 Å². The first-order chi connectivity index (χ1) is 7.68. The van der Waals surface area contributed by atoms with Gasteiger partial charge in [-0.3, -0.25) is 9.59 Å². The van der Waals surface area contributed by atoms with Gasteiger partial charge in [0, 0.05) is 13.1 Å². The molecule has 0 saturated carbocycles. The molecule has 1 aliphatic heterocycles. The van der Waals surface area contributed by atoms with E-state index in [1.165, 1.54) is 12.5 Å². The van der Waals surface area contributed by atoms with Crippen LogP contribution in [0.5, 0.6) is 0 Å². The van der Waals surface area contributed by atoms with E-state index in [1.807, 2.05) is 0 Å². The van der Waals surface area contributed by atoms with E-state index >= 15 is 0 Å². The Morgan fingerprint density at radius 3 is 2.62 bits per heavy atom. The van der Waals surface area contributed by atoms with Crippen molar-refractivity contribution in [3.8, 4) is 0 Å². The number of likely N-dealkylation sites (tertiary alicyclic amines) is 1. The maximum atomic E-state index is 11.8. The minimum Gasteiger partial charge on any atom is -0.481 e. The Morgan fingerprint density at radius 1 is 1.44 bits per heavy atom. The van der Waals surface area contributed by atoms with Gasteiger partial charge in [-0.05, 0) is 12.8 Å². The summed E-state index contributed by atoms with van der Waals surface area (Å²) in [6.45, 7) is 0.946. The largest absolute Gasteiger partial charge is 0.481 e. The summed E-state index contributed by atoms with van der Waals surface area (Å²) in [4.78, 5) is 24.2. The Balaban J connectivity index is 1.94. The molecular weight excluding hydrogens is 212 g/mol. The van der Waals surface area contributed by atoms with Crippen molar-refractivity contribution in [1.29, 1.82) is 0 Å². The normalized spacial score (nSPS) is 17.4. The zero-order chi connectivity index (χ0) is 11.5. The summed E-state index contributed by atoms with van der Waals surface area (Å²) in [5.74, 6) is -1.26. The molecule has 0 aliphatic carbocycles. The molecule has 6 nitrogen and oxygen atoms in total. The molecule has 2 rings (SSSR count). The molecule has 0 atom stereocenters. The fraction of sp³-hybridized carbons (Fsp3) is 0.500. The molecule has 6 heteroatoms. The Bertz CT molecular complexity index is 380. The number of aliphatic carboxylic acids is 1. The molecule has 0 radical (unpaired) electrons. The molecule has 1 aromatic heterocycles. The number of nitrogens with zero attached hydrogens (tertiary/aromatic N) is 2. The molecular formula is C10H12N2O4. The van der Waals surface area contributed by atoms with Crippen molar-refractivity contribution >= 4 is 11.9 Å². The number of carbonyl (C=O) groups excluding carboxylic acids is 1. The summed E-state index contributed by atoms with van der Waals surface area (Å²) in [6, 6.07) is 0. The molecule has 1 fully saturated rings. The number of carboxylic acid groups (broad SMARTS) is 1. The van der Waals surface area contributed by atoms with Crippen LogP contribution in [0.2, 0.25) is 0 Å². The highest BCUT2D eigenvalue weighted by atomic mass is 16.5. The van der Waals surface area contributed by atoms with E-state index in [-0.39, 0.29) is 11.8 Å². The average molecular weight is 224 g/mol. The first-order valence-electron chi connectivity index (χ1n) is 5.10. The van der Waals surface area contributed by atoms with Crippen molar-refractivity contribution in [3.05, 3.63) is 18.0 Å². The molecule has 0 unspecified atom stereocenters. The van der Waals surface area contributed by atoms with Gasteiger partial charge in [-0.2, -0.15) is 0 Å². The SMILES string of the molecule is O=C(O)C1CCN(C(=O)c2cnoc2)CC1. The first-order valence-corrected chi connectivity index (χ1v) is 5.10. The average Bonchev–Trinajstić information content (AvgIpc) is 2.81. The predicted molar refractivity (Wildman–Crippen MR) is 52.8 cm³/mol. The molecule has 0 aromatic carbocycles. The summed E-state index contributed by atoms with van der Waals surface area (Å²) in [7, 11) is 0. The van der Waals surface area contributed by atoms with Crippen molar-refractivity contribution in [2.24, 2.45) is 5.92 Å².